The van der Waals surface area contributed by atoms with Gasteiger partial charge in [0.2, 0.25) is 0 Å². The smallest absolute Gasteiger partial charge is 0.119 e. The molecule has 0 amide bonds. The van der Waals surface area contributed by atoms with E-state index in [9.17, 15) is 5.11 Å². The molecule has 0 aliphatic carbocycles. The molecule has 0 spiro atoms. The number of rotatable bonds is 7. The first-order chi connectivity index (χ1) is 7.74. The highest BCUT2D eigenvalue weighted by Crippen LogP contribution is 2.14. The highest BCUT2D eigenvalue weighted by Gasteiger charge is 2.11. The van der Waals surface area contributed by atoms with E-state index in [1.807, 2.05) is 37.3 Å². The maximum absolute atomic E-state index is 9.60. The van der Waals surface area contributed by atoms with Crippen LogP contribution in [0, 0.1) is 5.92 Å². The molecule has 1 aromatic rings. The van der Waals surface area contributed by atoms with Gasteiger partial charge in [0.05, 0.1) is 12.7 Å². The minimum atomic E-state index is -0.170. The van der Waals surface area contributed by atoms with E-state index in [4.69, 9.17) is 4.74 Å². The lowest BCUT2D eigenvalue weighted by molar-refractivity contribution is 0.104. The van der Waals surface area contributed by atoms with Crippen molar-refractivity contribution in [2.45, 2.75) is 39.2 Å². The zero-order valence-corrected chi connectivity index (χ0v) is 10.2. The number of benzene rings is 1. The van der Waals surface area contributed by atoms with Crippen molar-refractivity contribution < 1.29 is 9.84 Å². The predicted molar refractivity (Wildman–Crippen MR) is 66.6 cm³/mol. The normalized spacial score (nSPS) is 14.4. The van der Waals surface area contributed by atoms with E-state index in [-0.39, 0.29) is 6.10 Å². The van der Waals surface area contributed by atoms with Crippen LogP contribution in [-0.2, 0) is 0 Å². The average Bonchev–Trinajstić information content (AvgIpc) is 2.34. The van der Waals surface area contributed by atoms with Gasteiger partial charge in [-0.25, -0.2) is 0 Å². The summed E-state index contributed by atoms with van der Waals surface area (Å²) in [6.45, 7) is 4.84. The molecule has 0 bridgehead atoms. The van der Waals surface area contributed by atoms with Crippen molar-refractivity contribution in [2.75, 3.05) is 6.61 Å². The number of aliphatic hydroxyl groups is 1. The maximum atomic E-state index is 9.60. The topological polar surface area (TPSA) is 29.5 Å². The highest BCUT2D eigenvalue weighted by atomic mass is 16.5. The zero-order chi connectivity index (χ0) is 11.8. The first kappa shape index (κ1) is 13.0. The van der Waals surface area contributed by atoms with E-state index in [1.54, 1.807) is 0 Å². The summed E-state index contributed by atoms with van der Waals surface area (Å²) >= 11 is 0. The fourth-order valence-corrected chi connectivity index (χ4v) is 1.71. The van der Waals surface area contributed by atoms with Crippen LogP contribution in [-0.4, -0.2) is 17.8 Å². The lowest BCUT2D eigenvalue weighted by Gasteiger charge is -2.16. The summed E-state index contributed by atoms with van der Waals surface area (Å²) in [7, 11) is 0. The molecule has 0 aromatic heterocycles. The molecule has 16 heavy (non-hydrogen) atoms. The minimum Gasteiger partial charge on any atom is -0.494 e. The summed E-state index contributed by atoms with van der Waals surface area (Å²) in [6.07, 6.45) is 2.67. The second-order valence-electron chi connectivity index (χ2n) is 4.26. The molecule has 0 radical (unpaired) electrons. The summed E-state index contributed by atoms with van der Waals surface area (Å²) < 4.78 is 5.59. The molecule has 1 N–H and O–H groups in total. The zero-order valence-electron chi connectivity index (χ0n) is 10.2. The Morgan fingerprint density at radius 1 is 1.25 bits per heavy atom. The lowest BCUT2D eigenvalue weighted by Crippen LogP contribution is -2.17. The molecule has 2 unspecified atom stereocenters. The van der Waals surface area contributed by atoms with Crippen LogP contribution in [0.5, 0.6) is 5.75 Å². The number of hydrogen-bond donors (Lipinski definition) is 1. The molecular weight excluding hydrogens is 200 g/mol. The maximum Gasteiger partial charge on any atom is 0.119 e. The third kappa shape index (κ3) is 4.67. The molecule has 90 valence electrons. The Morgan fingerprint density at radius 3 is 2.56 bits per heavy atom. The van der Waals surface area contributed by atoms with Gasteiger partial charge < -0.3 is 9.84 Å². The van der Waals surface area contributed by atoms with Crippen molar-refractivity contribution in [1.29, 1.82) is 0 Å². The van der Waals surface area contributed by atoms with Crippen molar-refractivity contribution in [2.24, 2.45) is 5.92 Å². The molecular formula is C14H22O2. The Hall–Kier alpha value is -1.02. The molecule has 0 saturated carbocycles. The number of aliphatic hydroxyl groups excluding tert-OH is 1. The van der Waals surface area contributed by atoms with Crippen molar-refractivity contribution in [1.82, 2.24) is 0 Å². The van der Waals surface area contributed by atoms with Gasteiger partial charge in [0.15, 0.2) is 0 Å². The van der Waals surface area contributed by atoms with E-state index in [2.05, 4.69) is 6.92 Å². The SMILES string of the molecule is CCC(O)C(C)CCCOc1ccccc1. The van der Waals surface area contributed by atoms with Gasteiger partial charge >= 0.3 is 0 Å². The van der Waals surface area contributed by atoms with Gasteiger partial charge in [0, 0.05) is 0 Å². The Morgan fingerprint density at radius 2 is 1.94 bits per heavy atom. The molecule has 0 heterocycles. The van der Waals surface area contributed by atoms with Crippen molar-refractivity contribution in [3.05, 3.63) is 30.3 Å². The van der Waals surface area contributed by atoms with Crippen LogP contribution in [0.4, 0.5) is 0 Å². The summed E-state index contributed by atoms with van der Waals surface area (Å²) in [5, 5.41) is 9.60. The van der Waals surface area contributed by atoms with Gasteiger partial charge in [-0.2, -0.15) is 0 Å². The quantitative estimate of drug-likeness (QED) is 0.718. The molecule has 0 aliphatic heterocycles. The second kappa shape index (κ2) is 7.29. The standard InChI is InChI=1S/C14H22O2/c1-3-14(15)12(2)8-7-11-16-13-9-5-4-6-10-13/h4-6,9-10,12,14-15H,3,7-8,11H2,1-2H3. The van der Waals surface area contributed by atoms with Gasteiger partial charge in [0.25, 0.3) is 0 Å². The van der Waals surface area contributed by atoms with Crippen molar-refractivity contribution in [3.8, 4) is 5.75 Å². The summed E-state index contributed by atoms with van der Waals surface area (Å²) in [4.78, 5) is 0. The van der Waals surface area contributed by atoms with Crippen molar-refractivity contribution >= 4 is 0 Å². The molecule has 1 rings (SSSR count). The molecule has 0 aliphatic rings. The first-order valence-electron chi connectivity index (χ1n) is 6.10. The molecule has 2 nitrogen and oxygen atoms in total. The van der Waals surface area contributed by atoms with Crippen LogP contribution in [0.3, 0.4) is 0 Å². The summed E-state index contributed by atoms with van der Waals surface area (Å²) in [6, 6.07) is 9.85. The van der Waals surface area contributed by atoms with Crippen LogP contribution in [0.15, 0.2) is 30.3 Å². The van der Waals surface area contributed by atoms with Crippen LogP contribution in [0.2, 0.25) is 0 Å². The van der Waals surface area contributed by atoms with Gasteiger partial charge in [0.1, 0.15) is 5.75 Å². The summed E-state index contributed by atoms with van der Waals surface area (Å²) in [5.41, 5.74) is 0. The number of ether oxygens (including phenoxy) is 1. The lowest BCUT2D eigenvalue weighted by atomic mass is 9.97. The highest BCUT2D eigenvalue weighted by molar-refractivity contribution is 5.20. The Kier molecular flexibility index (Phi) is 5.94. The third-order valence-corrected chi connectivity index (χ3v) is 2.89. The first-order valence-corrected chi connectivity index (χ1v) is 6.10. The third-order valence-electron chi connectivity index (χ3n) is 2.89. The number of hydrogen-bond acceptors (Lipinski definition) is 2. The van der Waals surface area contributed by atoms with E-state index < -0.39 is 0 Å². The molecule has 0 fully saturated rings. The fraction of sp³-hybridized carbons (Fsp3) is 0.571. The van der Waals surface area contributed by atoms with Gasteiger partial charge in [-0.1, -0.05) is 32.0 Å². The van der Waals surface area contributed by atoms with E-state index in [0.29, 0.717) is 5.92 Å². The monoisotopic (exact) mass is 222 g/mol. The van der Waals surface area contributed by atoms with Gasteiger partial charge in [-0.05, 0) is 37.3 Å². The molecule has 1 aromatic carbocycles. The van der Waals surface area contributed by atoms with Gasteiger partial charge in [-0.3, -0.25) is 0 Å². The van der Waals surface area contributed by atoms with Crippen LogP contribution in [0.1, 0.15) is 33.1 Å². The molecule has 0 saturated heterocycles. The van der Waals surface area contributed by atoms with E-state index >= 15 is 0 Å². The van der Waals surface area contributed by atoms with E-state index in [0.717, 1.165) is 31.6 Å². The number of para-hydroxylation sites is 1. The molecule has 2 atom stereocenters. The second-order valence-corrected chi connectivity index (χ2v) is 4.26. The summed E-state index contributed by atoms with van der Waals surface area (Å²) in [5.74, 6) is 1.29. The largest absolute Gasteiger partial charge is 0.494 e. The Bertz CT molecular complexity index is 271. The van der Waals surface area contributed by atoms with Crippen LogP contribution < -0.4 is 4.74 Å². The van der Waals surface area contributed by atoms with Crippen LogP contribution >= 0.6 is 0 Å². The van der Waals surface area contributed by atoms with Crippen molar-refractivity contribution in [3.63, 3.8) is 0 Å². The van der Waals surface area contributed by atoms with E-state index in [1.165, 1.54) is 0 Å². The van der Waals surface area contributed by atoms with Gasteiger partial charge in [-0.15, -0.1) is 0 Å². The molecule has 2 heteroatoms. The predicted octanol–water partition coefficient (Wildman–Crippen LogP) is 3.25. The average molecular weight is 222 g/mol. The minimum absolute atomic E-state index is 0.170. The fourth-order valence-electron chi connectivity index (χ4n) is 1.71. The Balaban J connectivity index is 2.13. The Labute approximate surface area is 98.3 Å². The van der Waals surface area contributed by atoms with Crippen LogP contribution in [0.25, 0.3) is 0 Å².